The number of imidazole rings is 1. The maximum atomic E-state index is 5.99. The predicted octanol–water partition coefficient (Wildman–Crippen LogP) is 3.99. The Kier molecular flexibility index (Phi) is 6.41. The summed E-state index contributed by atoms with van der Waals surface area (Å²) >= 11 is 0. The normalized spacial score (nSPS) is 11.4. The first-order valence-electron chi connectivity index (χ1n) is 8.14. The third-order valence-electron chi connectivity index (χ3n) is 4.15. The molecule has 0 unspecified atom stereocenters. The molecule has 0 radical (unpaired) electrons. The van der Waals surface area contributed by atoms with Gasteiger partial charge in [-0.15, -0.1) is 24.0 Å². The molecule has 25 heavy (non-hydrogen) atoms. The molecule has 0 aliphatic carbocycles. The van der Waals surface area contributed by atoms with E-state index in [0.29, 0.717) is 12.5 Å². The van der Waals surface area contributed by atoms with Gasteiger partial charge in [-0.2, -0.15) is 0 Å². The van der Waals surface area contributed by atoms with Crippen molar-refractivity contribution in [2.45, 2.75) is 26.8 Å². The van der Waals surface area contributed by atoms with Crippen molar-refractivity contribution in [3.8, 4) is 0 Å². The minimum Gasteiger partial charge on any atom is -0.370 e. The third kappa shape index (κ3) is 4.50. The van der Waals surface area contributed by atoms with Crippen LogP contribution in [0.15, 0.2) is 47.5 Å². The zero-order chi connectivity index (χ0) is 17.1. The largest absolute Gasteiger partial charge is 0.370 e. The Morgan fingerprint density at radius 2 is 1.92 bits per heavy atom. The number of aromatic nitrogens is 2. The predicted molar refractivity (Wildman–Crippen MR) is 116 cm³/mol. The Morgan fingerprint density at radius 1 is 1.20 bits per heavy atom. The summed E-state index contributed by atoms with van der Waals surface area (Å²) in [6, 6.07) is 14.5. The summed E-state index contributed by atoms with van der Waals surface area (Å²) in [4.78, 5) is 9.06. The van der Waals surface area contributed by atoms with Gasteiger partial charge < -0.3 is 15.6 Å². The second kappa shape index (κ2) is 8.33. The van der Waals surface area contributed by atoms with E-state index in [4.69, 9.17) is 5.73 Å². The highest BCUT2D eigenvalue weighted by Crippen LogP contribution is 2.17. The lowest BCUT2D eigenvalue weighted by Crippen LogP contribution is -2.22. The number of fused-ring (bicyclic) bond motifs is 1. The van der Waals surface area contributed by atoms with Crippen molar-refractivity contribution >= 4 is 46.7 Å². The quantitative estimate of drug-likeness (QED) is 0.360. The molecule has 1 aromatic heterocycles. The second-order valence-electron chi connectivity index (χ2n) is 5.96. The molecule has 3 aromatic rings. The van der Waals surface area contributed by atoms with Crippen LogP contribution in [0.4, 0.5) is 5.69 Å². The molecule has 0 saturated carbocycles. The second-order valence-corrected chi connectivity index (χ2v) is 5.96. The number of nitrogens with two attached hydrogens (primary N) is 1. The molecule has 5 nitrogen and oxygen atoms in total. The van der Waals surface area contributed by atoms with Gasteiger partial charge in [0.05, 0.1) is 11.0 Å². The summed E-state index contributed by atoms with van der Waals surface area (Å²) in [7, 11) is 2.00. The first-order valence-corrected chi connectivity index (χ1v) is 8.14. The van der Waals surface area contributed by atoms with Gasteiger partial charge in [0.25, 0.3) is 0 Å². The zero-order valence-corrected chi connectivity index (χ0v) is 17.1. The molecule has 0 aliphatic heterocycles. The first-order chi connectivity index (χ1) is 11.6. The van der Waals surface area contributed by atoms with E-state index in [1.165, 1.54) is 11.1 Å². The van der Waals surface area contributed by atoms with Crippen LogP contribution < -0.4 is 11.1 Å². The molecule has 0 atom stereocenters. The number of guanidine groups is 1. The van der Waals surface area contributed by atoms with E-state index < -0.39 is 0 Å². The highest BCUT2D eigenvalue weighted by Gasteiger charge is 2.07. The van der Waals surface area contributed by atoms with E-state index >= 15 is 0 Å². The maximum Gasteiger partial charge on any atom is 0.193 e. The van der Waals surface area contributed by atoms with Gasteiger partial charge in [-0.05, 0) is 48.7 Å². The Hall–Kier alpha value is -2.09. The number of benzene rings is 2. The summed E-state index contributed by atoms with van der Waals surface area (Å²) in [5.41, 5.74) is 11.5. The van der Waals surface area contributed by atoms with Gasteiger partial charge in [-0.3, -0.25) is 0 Å². The van der Waals surface area contributed by atoms with Gasteiger partial charge >= 0.3 is 0 Å². The van der Waals surface area contributed by atoms with Crippen molar-refractivity contribution in [3.05, 3.63) is 59.4 Å². The topological polar surface area (TPSA) is 68.2 Å². The fourth-order valence-electron chi connectivity index (χ4n) is 2.67. The number of anilines is 1. The van der Waals surface area contributed by atoms with Gasteiger partial charge in [0.15, 0.2) is 5.96 Å². The monoisotopic (exact) mass is 449 g/mol. The van der Waals surface area contributed by atoms with Gasteiger partial charge in [0.2, 0.25) is 0 Å². The van der Waals surface area contributed by atoms with Crippen molar-refractivity contribution in [2.75, 3.05) is 5.32 Å². The number of nitrogens with one attached hydrogen (secondary N) is 1. The number of halogens is 1. The number of aryl methyl sites for hydroxylation is 3. The van der Waals surface area contributed by atoms with Gasteiger partial charge in [0, 0.05) is 12.7 Å². The van der Waals surface area contributed by atoms with Crippen LogP contribution in [0.2, 0.25) is 0 Å². The smallest absolute Gasteiger partial charge is 0.193 e. The van der Waals surface area contributed by atoms with Crippen molar-refractivity contribution in [1.29, 1.82) is 0 Å². The minimum absolute atomic E-state index is 0. The molecule has 2 aromatic carbocycles. The lowest BCUT2D eigenvalue weighted by molar-refractivity contribution is 0.812. The summed E-state index contributed by atoms with van der Waals surface area (Å²) < 4.78 is 2.06. The SMILES string of the molecule is CCc1ccc(NC(N)=NCc2nc3cc(C)ccc3n2C)cc1.I. The highest BCUT2D eigenvalue weighted by molar-refractivity contribution is 14.0. The van der Waals surface area contributed by atoms with E-state index in [2.05, 4.69) is 64.0 Å². The van der Waals surface area contributed by atoms with Crippen LogP contribution in [0.25, 0.3) is 11.0 Å². The molecule has 1 heterocycles. The summed E-state index contributed by atoms with van der Waals surface area (Å²) in [6.45, 7) is 4.64. The van der Waals surface area contributed by atoms with Crippen molar-refractivity contribution in [3.63, 3.8) is 0 Å². The number of hydrogen-bond acceptors (Lipinski definition) is 2. The molecule has 0 spiro atoms. The molecule has 0 fully saturated rings. The van der Waals surface area contributed by atoms with Gasteiger partial charge in [-0.25, -0.2) is 9.98 Å². The van der Waals surface area contributed by atoms with E-state index in [9.17, 15) is 0 Å². The van der Waals surface area contributed by atoms with Crippen molar-refractivity contribution in [1.82, 2.24) is 9.55 Å². The van der Waals surface area contributed by atoms with E-state index in [1.54, 1.807) is 0 Å². The standard InChI is InChI=1S/C19H23N5.HI/c1-4-14-6-8-15(9-7-14)22-19(20)21-12-18-23-16-11-13(2)5-10-17(16)24(18)3;/h5-11H,4,12H2,1-3H3,(H3,20,21,22);1H. The lowest BCUT2D eigenvalue weighted by atomic mass is 10.1. The molecular weight excluding hydrogens is 425 g/mol. The Balaban J connectivity index is 0.00000225. The number of nitrogens with zero attached hydrogens (tertiary/aromatic N) is 3. The van der Waals surface area contributed by atoms with Crippen LogP contribution in [0.3, 0.4) is 0 Å². The fraction of sp³-hybridized carbons (Fsp3) is 0.263. The minimum atomic E-state index is 0. The van der Waals surface area contributed by atoms with Crippen LogP contribution in [-0.2, 0) is 20.0 Å². The maximum absolute atomic E-state index is 5.99. The average Bonchev–Trinajstić information content (AvgIpc) is 2.89. The fourth-order valence-corrected chi connectivity index (χ4v) is 2.67. The number of rotatable bonds is 4. The highest BCUT2D eigenvalue weighted by atomic mass is 127. The van der Waals surface area contributed by atoms with Gasteiger partial charge in [0.1, 0.15) is 12.4 Å². The summed E-state index contributed by atoms with van der Waals surface area (Å²) in [5.74, 6) is 1.28. The Bertz CT molecular complexity index is 881. The van der Waals surface area contributed by atoms with Gasteiger partial charge in [-0.1, -0.05) is 25.1 Å². The van der Waals surface area contributed by atoms with Crippen LogP contribution in [0.5, 0.6) is 0 Å². The molecule has 0 bridgehead atoms. The van der Waals surface area contributed by atoms with E-state index in [-0.39, 0.29) is 24.0 Å². The molecular formula is C19H24IN5. The molecule has 3 rings (SSSR count). The van der Waals surface area contributed by atoms with Crippen LogP contribution in [-0.4, -0.2) is 15.5 Å². The zero-order valence-electron chi connectivity index (χ0n) is 14.8. The molecule has 0 saturated heterocycles. The third-order valence-corrected chi connectivity index (χ3v) is 4.15. The molecule has 0 aliphatic rings. The summed E-state index contributed by atoms with van der Waals surface area (Å²) in [6.07, 6.45) is 1.02. The molecule has 6 heteroatoms. The Morgan fingerprint density at radius 3 is 2.60 bits per heavy atom. The lowest BCUT2D eigenvalue weighted by Gasteiger charge is -2.06. The van der Waals surface area contributed by atoms with E-state index in [1.807, 2.05) is 19.2 Å². The molecule has 0 amide bonds. The molecule has 3 N–H and O–H groups in total. The van der Waals surface area contributed by atoms with Crippen molar-refractivity contribution < 1.29 is 0 Å². The number of hydrogen-bond donors (Lipinski definition) is 2. The van der Waals surface area contributed by atoms with Crippen molar-refractivity contribution in [2.24, 2.45) is 17.8 Å². The summed E-state index contributed by atoms with van der Waals surface area (Å²) in [5, 5.41) is 3.12. The average molecular weight is 449 g/mol. The van der Waals surface area contributed by atoms with E-state index in [0.717, 1.165) is 29.0 Å². The van der Waals surface area contributed by atoms with Crippen LogP contribution in [0.1, 0.15) is 23.9 Å². The molecule has 132 valence electrons. The first kappa shape index (κ1) is 19.2. The number of aliphatic imine (C=N–C) groups is 1. The van der Waals surface area contributed by atoms with Crippen LogP contribution in [0, 0.1) is 6.92 Å². The Labute approximate surface area is 165 Å². The van der Waals surface area contributed by atoms with Crippen LogP contribution >= 0.6 is 24.0 Å².